The Morgan fingerprint density at radius 3 is 3.00 bits per heavy atom. The lowest BCUT2D eigenvalue weighted by Crippen LogP contribution is -2.57. The molecule has 0 unspecified atom stereocenters. The summed E-state index contributed by atoms with van der Waals surface area (Å²) in [5, 5.41) is 5.96. The number of hydrogen-bond donors (Lipinski definition) is 2. The SMILES string of the molecule is Cn1ccnc1C(=O)NC1CNC1. The van der Waals surface area contributed by atoms with Crippen molar-refractivity contribution in [3.05, 3.63) is 18.2 Å². The highest BCUT2D eigenvalue weighted by Gasteiger charge is 2.21. The lowest BCUT2D eigenvalue weighted by molar-refractivity contribution is 0.0910. The molecule has 2 heterocycles. The molecule has 5 nitrogen and oxygen atoms in total. The fourth-order valence-corrected chi connectivity index (χ4v) is 1.23. The summed E-state index contributed by atoms with van der Waals surface area (Å²) in [6.07, 6.45) is 3.38. The molecule has 1 aromatic heterocycles. The molecule has 70 valence electrons. The molecule has 0 bridgehead atoms. The monoisotopic (exact) mass is 180 g/mol. The fourth-order valence-electron chi connectivity index (χ4n) is 1.23. The van der Waals surface area contributed by atoms with E-state index >= 15 is 0 Å². The summed E-state index contributed by atoms with van der Waals surface area (Å²) in [6.45, 7) is 1.71. The van der Waals surface area contributed by atoms with E-state index in [9.17, 15) is 4.79 Å². The number of nitrogens with one attached hydrogen (secondary N) is 2. The van der Waals surface area contributed by atoms with Crippen molar-refractivity contribution in [2.75, 3.05) is 13.1 Å². The molecule has 13 heavy (non-hydrogen) atoms. The quantitative estimate of drug-likeness (QED) is 0.621. The van der Waals surface area contributed by atoms with Gasteiger partial charge in [0, 0.05) is 32.5 Å². The van der Waals surface area contributed by atoms with Gasteiger partial charge in [0.05, 0.1) is 6.04 Å². The van der Waals surface area contributed by atoms with Crippen molar-refractivity contribution in [1.29, 1.82) is 0 Å². The van der Waals surface area contributed by atoms with Crippen molar-refractivity contribution in [3.63, 3.8) is 0 Å². The lowest BCUT2D eigenvalue weighted by Gasteiger charge is -2.27. The van der Waals surface area contributed by atoms with Gasteiger partial charge in [0.1, 0.15) is 0 Å². The standard InChI is InChI=1S/C8H12N4O/c1-12-3-2-10-7(12)8(13)11-6-4-9-5-6/h2-3,6,9H,4-5H2,1H3,(H,11,13). The average molecular weight is 180 g/mol. The minimum absolute atomic E-state index is 0.0981. The van der Waals surface area contributed by atoms with Crippen LogP contribution >= 0.6 is 0 Å². The van der Waals surface area contributed by atoms with E-state index in [1.807, 2.05) is 0 Å². The van der Waals surface area contributed by atoms with E-state index in [1.165, 1.54) is 0 Å². The molecular formula is C8H12N4O. The predicted octanol–water partition coefficient (Wildman–Crippen LogP) is -0.878. The molecule has 2 N–H and O–H groups in total. The Morgan fingerprint density at radius 2 is 2.54 bits per heavy atom. The molecule has 1 amide bonds. The van der Waals surface area contributed by atoms with Crippen molar-refractivity contribution < 1.29 is 4.79 Å². The molecule has 1 aliphatic heterocycles. The van der Waals surface area contributed by atoms with Crippen molar-refractivity contribution >= 4 is 5.91 Å². The Balaban J connectivity index is 2.00. The highest BCUT2D eigenvalue weighted by Crippen LogP contribution is 1.97. The van der Waals surface area contributed by atoms with Crippen LogP contribution in [0.1, 0.15) is 10.6 Å². The van der Waals surface area contributed by atoms with Crippen LogP contribution in [0.4, 0.5) is 0 Å². The number of aryl methyl sites for hydroxylation is 1. The molecular weight excluding hydrogens is 168 g/mol. The van der Waals surface area contributed by atoms with E-state index < -0.39 is 0 Å². The van der Waals surface area contributed by atoms with E-state index in [2.05, 4.69) is 15.6 Å². The Labute approximate surface area is 76.2 Å². The summed E-state index contributed by atoms with van der Waals surface area (Å²) in [7, 11) is 1.81. The molecule has 1 saturated heterocycles. The summed E-state index contributed by atoms with van der Waals surface area (Å²) in [4.78, 5) is 15.5. The van der Waals surface area contributed by atoms with E-state index in [0.717, 1.165) is 13.1 Å². The Hall–Kier alpha value is -1.36. The number of hydrogen-bond acceptors (Lipinski definition) is 3. The van der Waals surface area contributed by atoms with Crippen molar-refractivity contribution in [3.8, 4) is 0 Å². The Kier molecular flexibility index (Phi) is 2.02. The Morgan fingerprint density at radius 1 is 1.77 bits per heavy atom. The summed E-state index contributed by atoms with van der Waals surface area (Å²) >= 11 is 0. The number of imidazole rings is 1. The molecule has 0 saturated carbocycles. The van der Waals surface area contributed by atoms with Gasteiger partial charge >= 0.3 is 0 Å². The minimum atomic E-state index is -0.0981. The second-order valence-corrected chi connectivity index (χ2v) is 3.19. The molecule has 5 heteroatoms. The zero-order valence-corrected chi connectivity index (χ0v) is 7.45. The molecule has 0 aromatic carbocycles. The van der Waals surface area contributed by atoms with Crippen LogP contribution in [0.25, 0.3) is 0 Å². The molecule has 0 radical (unpaired) electrons. The van der Waals surface area contributed by atoms with Crippen molar-refractivity contribution in [1.82, 2.24) is 20.2 Å². The molecule has 1 aromatic rings. The first-order chi connectivity index (χ1) is 6.27. The van der Waals surface area contributed by atoms with Gasteiger partial charge in [-0.15, -0.1) is 0 Å². The van der Waals surface area contributed by atoms with Gasteiger partial charge in [-0.3, -0.25) is 4.79 Å². The van der Waals surface area contributed by atoms with Gasteiger partial charge in [-0.1, -0.05) is 0 Å². The summed E-state index contributed by atoms with van der Waals surface area (Å²) in [5.41, 5.74) is 0. The third-order valence-corrected chi connectivity index (χ3v) is 2.14. The first-order valence-electron chi connectivity index (χ1n) is 4.26. The molecule has 2 rings (SSSR count). The first-order valence-corrected chi connectivity index (χ1v) is 4.26. The van der Waals surface area contributed by atoms with Crippen LogP contribution < -0.4 is 10.6 Å². The second kappa shape index (κ2) is 3.18. The number of amides is 1. The molecule has 0 atom stereocenters. The predicted molar refractivity (Wildman–Crippen MR) is 47.3 cm³/mol. The topological polar surface area (TPSA) is 59.0 Å². The van der Waals surface area contributed by atoms with E-state index in [-0.39, 0.29) is 11.9 Å². The molecule has 1 fully saturated rings. The zero-order chi connectivity index (χ0) is 9.26. The van der Waals surface area contributed by atoms with Gasteiger partial charge < -0.3 is 15.2 Å². The van der Waals surface area contributed by atoms with Gasteiger partial charge in [0.2, 0.25) is 0 Å². The summed E-state index contributed by atoms with van der Waals surface area (Å²) in [5.74, 6) is 0.367. The largest absolute Gasteiger partial charge is 0.344 e. The van der Waals surface area contributed by atoms with Crippen LogP contribution in [0.3, 0.4) is 0 Å². The smallest absolute Gasteiger partial charge is 0.287 e. The fraction of sp³-hybridized carbons (Fsp3) is 0.500. The number of carbonyl (C=O) groups excluding carboxylic acids is 1. The number of carbonyl (C=O) groups is 1. The summed E-state index contributed by atoms with van der Waals surface area (Å²) < 4.78 is 1.71. The zero-order valence-electron chi connectivity index (χ0n) is 7.45. The number of aromatic nitrogens is 2. The average Bonchev–Trinajstić information content (AvgIpc) is 2.43. The van der Waals surface area contributed by atoms with Crippen LogP contribution in [-0.4, -0.2) is 34.6 Å². The van der Waals surface area contributed by atoms with Gasteiger partial charge in [-0.25, -0.2) is 4.98 Å². The van der Waals surface area contributed by atoms with Crippen LogP contribution in [0, 0.1) is 0 Å². The first kappa shape index (κ1) is 8.25. The maximum absolute atomic E-state index is 11.5. The maximum Gasteiger partial charge on any atom is 0.287 e. The second-order valence-electron chi connectivity index (χ2n) is 3.19. The van der Waals surface area contributed by atoms with Crippen LogP contribution in [0.15, 0.2) is 12.4 Å². The van der Waals surface area contributed by atoms with Crippen LogP contribution in [-0.2, 0) is 7.05 Å². The normalized spacial score (nSPS) is 16.7. The van der Waals surface area contributed by atoms with E-state index in [1.54, 1.807) is 24.0 Å². The third kappa shape index (κ3) is 1.55. The van der Waals surface area contributed by atoms with Crippen molar-refractivity contribution in [2.24, 2.45) is 7.05 Å². The minimum Gasteiger partial charge on any atom is -0.344 e. The highest BCUT2D eigenvalue weighted by molar-refractivity contribution is 5.91. The van der Waals surface area contributed by atoms with E-state index in [0.29, 0.717) is 5.82 Å². The van der Waals surface area contributed by atoms with Gasteiger partial charge in [0.15, 0.2) is 5.82 Å². The molecule has 0 spiro atoms. The third-order valence-electron chi connectivity index (χ3n) is 2.14. The van der Waals surface area contributed by atoms with E-state index in [4.69, 9.17) is 0 Å². The lowest BCUT2D eigenvalue weighted by atomic mass is 10.2. The molecule has 1 aliphatic rings. The van der Waals surface area contributed by atoms with Crippen LogP contribution in [0.5, 0.6) is 0 Å². The highest BCUT2D eigenvalue weighted by atomic mass is 16.2. The van der Waals surface area contributed by atoms with Crippen LogP contribution in [0.2, 0.25) is 0 Å². The summed E-state index contributed by atoms with van der Waals surface area (Å²) in [6, 6.07) is 0.268. The maximum atomic E-state index is 11.5. The van der Waals surface area contributed by atoms with Gasteiger partial charge in [-0.2, -0.15) is 0 Å². The number of nitrogens with zero attached hydrogens (tertiary/aromatic N) is 2. The van der Waals surface area contributed by atoms with Crippen molar-refractivity contribution in [2.45, 2.75) is 6.04 Å². The Bertz CT molecular complexity index is 316. The molecule has 0 aliphatic carbocycles. The van der Waals surface area contributed by atoms with Gasteiger partial charge in [-0.05, 0) is 0 Å². The number of rotatable bonds is 2. The van der Waals surface area contributed by atoms with Gasteiger partial charge in [0.25, 0.3) is 5.91 Å².